The first-order valence-electron chi connectivity index (χ1n) is 4.61. The van der Waals surface area contributed by atoms with Crippen molar-refractivity contribution in [3.8, 4) is 0 Å². The van der Waals surface area contributed by atoms with Crippen molar-refractivity contribution in [2.75, 3.05) is 0 Å². The highest BCUT2D eigenvalue weighted by atomic mass is 127. The van der Waals surface area contributed by atoms with E-state index in [2.05, 4.69) is 36.7 Å². The summed E-state index contributed by atoms with van der Waals surface area (Å²) in [5.41, 5.74) is 1.25. The molecule has 15 heavy (non-hydrogen) atoms. The van der Waals surface area contributed by atoms with Gasteiger partial charge in [0.15, 0.2) is 23.0 Å². The molecule has 0 saturated heterocycles. The van der Waals surface area contributed by atoms with Crippen LogP contribution in [0.3, 0.4) is 0 Å². The Labute approximate surface area is 108 Å². The van der Waals surface area contributed by atoms with Crippen LogP contribution in [-0.2, 0) is 7.86 Å². The van der Waals surface area contributed by atoms with E-state index >= 15 is 0 Å². The van der Waals surface area contributed by atoms with Gasteiger partial charge in [0.1, 0.15) is 0 Å². The highest BCUT2D eigenvalue weighted by molar-refractivity contribution is 14.1. The number of benzene rings is 1. The van der Waals surface area contributed by atoms with Gasteiger partial charge in [-0.15, -0.1) is 18.5 Å². The standard InChI is InChI=1S/C10H11IO2P2/c11-13-10(12)8-4-7(8)6-2-1-5(14)3-9(6)15/h1-3,7-8H,4,14-15H2/t7?,8-/m1/s1. The van der Waals surface area contributed by atoms with Crippen LogP contribution in [0.1, 0.15) is 17.9 Å². The second kappa shape index (κ2) is 4.65. The molecule has 0 N–H and O–H groups in total. The Bertz CT molecular complexity index is 408. The van der Waals surface area contributed by atoms with Gasteiger partial charge in [0, 0.05) is 0 Å². The van der Waals surface area contributed by atoms with E-state index in [9.17, 15) is 4.79 Å². The molecule has 0 radical (unpaired) electrons. The molecule has 80 valence electrons. The molecule has 0 bridgehead atoms. The molecule has 0 amide bonds. The Balaban J connectivity index is 2.16. The monoisotopic (exact) mass is 352 g/mol. The maximum Gasteiger partial charge on any atom is 0.318 e. The van der Waals surface area contributed by atoms with Crippen molar-refractivity contribution >= 4 is 58.1 Å². The highest BCUT2D eigenvalue weighted by Gasteiger charge is 2.45. The van der Waals surface area contributed by atoms with Crippen LogP contribution in [0.15, 0.2) is 18.2 Å². The lowest BCUT2D eigenvalue weighted by Gasteiger charge is -2.05. The molecule has 1 aliphatic rings. The Morgan fingerprint density at radius 3 is 2.80 bits per heavy atom. The normalized spacial score (nSPS) is 23.7. The Hall–Kier alpha value is 0.280. The number of hydrogen-bond donors (Lipinski definition) is 0. The van der Waals surface area contributed by atoms with E-state index in [1.807, 2.05) is 0 Å². The first kappa shape index (κ1) is 11.8. The van der Waals surface area contributed by atoms with Gasteiger partial charge in [-0.1, -0.05) is 12.1 Å². The maximum absolute atomic E-state index is 11.3. The van der Waals surface area contributed by atoms with Gasteiger partial charge in [0.25, 0.3) is 0 Å². The second-order valence-corrected chi connectivity index (χ2v) is 5.46. The van der Waals surface area contributed by atoms with E-state index in [0.717, 1.165) is 11.7 Å². The first-order chi connectivity index (χ1) is 7.13. The van der Waals surface area contributed by atoms with E-state index in [1.165, 1.54) is 10.9 Å². The molecule has 1 aromatic carbocycles. The summed E-state index contributed by atoms with van der Waals surface area (Å²) in [4.78, 5) is 11.3. The van der Waals surface area contributed by atoms with Crippen molar-refractivity contribution in [3.05, 3.63) is 23.8 Å². The molecule has 0 aromatic heterocycles. The van der Waals surface area contributed by atoms with E-state index in [0.29, 0.717) is 5.92 Å². The van der Waals surface area contributed by atoms with Crippen LogP contribution >= 0.6 is 41.5 Å². The van der Waals surface area contributed by atoms with Crippen LogP contribution in [-0.4, -0.2) is 5.97 Å². The van der Waals surface area contributed by atoms with Crippen LogP contribution in [0.2, 0.25) is 0 Å². The van der Waals surface area contributed by atoms with E-state index in [4.69, 9.17) is 3.07 Å². The van der Waals surface area contributed by atoms with Crippen LogP contribution in [0.25, 0.3) is 0 Å². The summed E-state index contributed by atoms with van der Waals surface area (Å²) in [6, 6.07) is 6.24. The molecule has 1 saturated carbocycles. The zero-order chi connectivity index (χ0) is 11.0. The molecule has 1 aliphatic carbocycles. The van der Waals surface area contributed by atoms with E-state index in [1.54, 1.807) is 23.0 Å². The zero-order valence-corrected chi connectivity index (χ0v) is 12.4. The number of carbonyl (C=O) groups excluding carboxylic acids is 1. The van der Waals surface area contributed by atoms with Gasteiger partial charge in [-0.05, 0) is 34.6 Å². The fraction of sp³-hybridized carbons (Fsp3) is 0.300. The SMILES string of the molecule is O=C(OI)[C@@H]1CC1c1ccc(P)cc1P. The molecule has 2 rings (SSSR count). The number of hydrogen-bond acceptors (Lipinski definition) is 2. The molecule has 0 spiro atoms. The lowest BCUT2D eigenvalue weighted by Crippen LogP contribution is -2.08. The average Bonchev–Trinajstić information content (AvgIpc) is 2.96. The smallest absolute Gasteiger partial charge is 0.318 e. The van der Waals surface area contributed by atoms with Gasteiger partial charge in [-0.25, -0.2) is 0 Å². The Morgan fingerprint density at radius 2 is 2.20 bits per heavy atom. The molecule has 1 aromatic rings. The lowest BCUT2D eigenvalue weighted by atomic mass is 10.1. The molecular formula is C10H11IO2P2. The topological polar surface area (TPSA) is 26.3 Å². The number of carbonyl (C=O) groups is 1. The van der Waals surface area contributed by atoms with Gasteiger partial charge in [0.2, 0.25) is 0 Å². The van der Waals surface area contributed by atoms with Crippen molar-refractivity contribution in [3.63, 3.8) is 0 Å². The summed E-state index contributed by atoms with van der Waals surface area (Å²) >= 11 is 1.65. The number of halogens is 1. The zero-order valence-electron chi connectivity index (χ0n) is 7.94. The van der Waals surface area contributed by atoms with Crippen molar-refractivity contribution in [2.24, 2.45) is 5.92 Å². The second-order valence-electron chi connectivity index (χ2n) is 3.73. The summed E-state index contributed by atoms with van der Waals surface area (Å²) in [7, 11) is 5.39. The molecule has 0 heterocycles. The fourth-order valence-corrected chi connectivity index (χ4v) is 3.08. The molecule has 0 aliphatic heterocycles. The van der Waals surface area contributed by atoms with Crippen molar-refractivity contribution in [1.82, 2.24) is 0 Å². The minimum Gasteiger partial charge on any atom is -0.394 e. The van der Waals surface area contributed by atoms with Gasteiger partial charge in [-0.2, -0.15) is 0 Å². The predicted molar refractivity (Wildman–Crippen MR) is 76.1 cm³/mol. The summed E-state index contributed by atoms with van der Waals surface area (Å²) in [5.74, 6) is 0.321. The van der Waals surface area contributed by atoms with Crippen molar-refractivity contribution < 1.29 is 7.86 Å². The van der Waals surface area contributed by atoms with Crippen LogP contribution in [0.5, 0.6) is 0 Å². The third kappa shape index (κ3) is 2.51. The fourth-order valence-electron chi connectivity index (χ4n) is 1.79. The minimum absolute atomic E-state index is 0.0663. The predicted octanol–water partition coefficient (Wildman–Crippen LogP) is 1.68. The van der Waals surface area contributed by atoms with Crippen molar-refractivity contribution in [1.29, 1.82) is 0 Å². The van der Waals surface area contributed by atoms with Gasteiger partial charge in [-0.3, -0.25) is 4.79 Å². The Kier molecular flexibility index (Phi) is 3.64. The average molecular weight is 352 g/mol. The van der Waals surface area contributed by atoms with Gasteiger partial charge in [0.05, 0.1) is 5.92 Å². The summed E-state index contributed by atoms with van der Waals surface area (Å²) in [6.45, 7) is 0. The molecule has 5 heteroatoms. The quantitative estimate of drug-likeness (QED) is 0.598. The molecule has 2 nitrogen and oxygen atoms in total. The summed E-state index contributed by atoms with van der Waals surface area (Å²) < 4.78 is 4.71. The summed E-state index contributed by atoms with van der Waals surface area (Å²) in [6.07, 6.45) is 0.916. The van der Waals surface area contributed by atoms with E-state index in [-0.39, 0.29) is 11.9 Å². The van der Waals surface area contributed by atoms with Crippen molar-refractivity contribution in [2.45, 2.75) is 12.3 Å². The van der Waals surface area contributed by atoms with Crippen LogP contribution in [0, 0.1) is 5.92 Å². The van der Waals surface area contributed by atoms with Gasteiger partial charge < -0.3 is 3.07 Å². The van der Waals surface area contributed by atoms with E-state index < -0.39 is 0 Å². The third-order valence-electron chi connectivity index (χ3n) is 2.68. The largest absolute Gasteiger partial charge is 0.394 e. The molecule has 3 unspecified atom stereocenters. The molecule has 4 atom stereocenters. The van der Waals surface area contributed by atoms with Gasteiger partial charge >= 0.3 is 5.97 Å². The number of rotatable bonds is 2. The van der Waals surface area contributed by atoms with Crippen LogP contribution in [0.4, 0.5) is 0 Å². The molecule has 1 fully saturated rings. The third-order valence-corrected chi connectivity index (χ3v) is 3.97. The Morgan fingerprint density at radius 1 is 1.47 bits per heavy atom. The maximum atomic E-state index is 11.3. The van der Waals surface area contributed by atoms with Crippen LogP contribution < -0.4 is 10.6 Å². The first-order valence-corrected chi connectivity index (χ1v) is 6.64. The lowest BCUT2D eigenvalue weighted by molar-refractivity contribution is -0.132. The highest BCUT2D eigenvalue weighted by Crippen LogP contribution is 2.48. The minimum atomic E-state index is -0.0973. The molecular weight excluding hydrogens is 341 g/mol. The summed E-state index contributed by atoms with van der Waals surface area (Å²) in [5, 5.41) is 2.34.